The highest BCUT2D eigenvalue weighted by molar-refractivity contribution is 5.79. The van der Waals surface area contributed by atoms with E-state index >= 15 is 0 Å². The van der Waals surface area contributed by atoms with E-state index in [1.807, 2.05) is 23.1 Å². The molecule has 1 aromatic carbocycles. The second-order valence-corrected chi connectivity index (χ2v) is 8.49. The monoisotopic (exact) mass is 429 g/mol. The molecular formula is C22H31N5O4. The maximum absolute atomic E-state index is 13.0. The molecule has 0 spiro atoms. The van der Waals surface area contributed by atoms with Crippen LogP contribution in [0.15, 0.2) is 18.2 Å². The zero-order chi connectivity index (χ0) is 22.1. The lowest BCUT2D eigenvalue weighted by molar-refractivity contribution is -0.132. The molecule has 31 heavy (non-hydrogen) atoms. The Labute approximate surface area is 182 Å². The number of hydrogen-bond acceptors (Lipinski definition) is 7. The third-order valence-corrected chi connectivity index (χ3v) is 6.24. The molecule has 9 nitrogen and oxygen atoms in total. The third-order valence-electron chi connectivity index (χ3n) is 6.24. The Morgan fingerprint density at radius 2 is 2.03 bits per heavy atom. The standard InChI is InChI=1S/C22H31N5O4/c1-14(2)27-12-16(28)11-18(27)22-24-23-20-13-25(7-8-26(20)22)21(29)10-15-9-17(30-3)5-6-19(15)31-4/h5-6,9,14,16,18,28H,7-8,10-13H2,1-4H3/t16-,18-/m0/s1. The molecule has 2 atom stereocenters. The summed E-state index contributed by atoms with van der Waals surface area (Å²) >= 11 is 0. The first kappa shape index (κ1) is 21.6. The Morgan fingerprint density at radius 3 is 2.74 bits per heavy atom. The Bertz CT molecular complexity index is 944. The van der Waals surface area contributed by atoms with Gasteiger partial charge in [-0.15, -0.1) is 10.2 Å². The minimum atomic E-state index is -0.347. The van der Waals surface area contributed by atoms with Gasteiger partial charge in [0.15, 0.2) is 11.6 Å². The number of likely N-dealkylation sites (tertiary alicyclic amines) is 1. The fourth-order valence-electron chi connectivity index (χ4n) is 4.60. The Morgan fingerprint density at radius 1 is 1.23 bits per heavy atom. The van der Waals surface area contributed by atoms with Crippen LogP contribution in [0.3, 0.4) is 0 Å². The number of aliphatic hydroxyl groups excluding tert-OH is 1. The number of methoxy groups -OCH3 is 2. The zero-order valence-corrected chi connectivity index (χ0v) is 18.6. The van der Waals surface area contributed by atoms with Crippen molar-refractivity contribution >= 4 is 5.91 Å². The quantitative estimate of drug-likeness (QED) is 0.742. The van der Waals surface area contributed by atoms with Gasteiger partial charge in [-0.25, -0.2) is 0 Å². The van der Waals surface area contributed by atoms with Crippen LogP contribution in [0.5, 0.6) is 11.5 Å². The summed E-state index contributed by atoms with van der Waals surface area (Å²) < 4.78 is 12.8. The van der Waals surface area contributed by atoms with Crippen molar-refractivity contribution < 1.29 is 19.4 Å². The van der Waals surface area contributed by atoms with E-state index in [9.17, 15) is 9.90 Å². The van der Waals surface area contributed by atoms with Gasteiger partial charge in [0.2, 0.25) is 5.91 Å². The Kier molecular flexibility index (Phi) is 6.15. The first-order valence-electron chi connectivity index (χ1n) is 10.8. The number of hydrogen-bond donors (Lipinski definition) is 1. The first-order valence-corrected chi connectivity index (χ1v) is 10.8. The van der Waals surface area contributed by atoms with Crippen LogP contribution in [0.4, 0.5) is 0 Å². The van der Waals surface area contributed by atoms with Crippen LogP contribution < -0.4 is 9.47 Å². The summed E-state index contributed by atoms with van der Waals surface area (Å²) in [6.45, 7) is 6.58. The molecule has 1 amide bonds. The molecular weight excluding hydrogens is 398 g/mol. The molecule has 1 saturated heterocycles. The van der Waals surface area contributed by atoms with Crippen LogP contribution in [0, 0.1) is 0 Å². The maximum atomic E-state index is 13.0. The lowest BCUT2D eigenvalue weighted by Gasteiger charge is -2.31. The van der Waals surface area contributed by atoms with Crippen molar-refractivity contribution in [1.29, 1.82) is 0 Å². The molecule has 0 unspecified atom stereocenters. The molecule has 2 aromatic rings. The van der Waals surface area contributed by atoms with Crippen LogP contribution in [-0.4, -0.2) is 75.0 Å². The number of β-amino-alcohol motifs (C(OH)–C–C–N with tert-alkyl or cyclic N) is 1. The van der Waals surface area contributed by atoms with Gasteiger partial charge in [-0.3, -0.25) is 9.69 Å². The number of rotatable bonds is 6. The molecule has 2 aliphatic rings. The smallest absolute Gasteiger partial charge is 0.227 e. The lowest BCUT2D eigenvalue weighted by Crippen LogP contribution is -2.40. The summed E-state index contributed by atoms with van der Waals surface area (Å²) in [5.74, 6) is 3.06. The number of benzene rings is 1. The normalized spacial score (nSPS) is 21.4. The van der Waals surface area contributed by atoms with Crippen LogP contribution in [0.2, 0.25) is 0 Å². The SMILES string of the molecule is COc1ccc(OC)c(CC(=O)N2CCn3c(nnc3[C@@H]3C[C@H](O)CN3C(C)C)C2)c1. The second kappa shape index (κ2) is 8.84. The van der Waals surface area contributed by atoms with Crippen molar-refractivity contribution in [2.75, 3.05) is 27.3 Å². The van der Waals surface area contributed by atoms with Gasteiger partial charge >= 0.3 is 0 Å². The van der Waals surface area contributed by atoms with Gasteiger partial charge in [0.25, 0.3) is 0 Å². The van der Waals surface area contributed by atoms with E-state index in [-0.39, 0.29) is 24.5 Å². The van der Waals surface area contributed by atoms with Crippen molar-refractivity contribution in [2.45, 2.75) is 58.0 Å². The van der Waals surface area contributed by atoms with Gasteiger partial charge in [0, 0.05) is 31.2 Å². The van der Waals surface area contributed by atoms with Gasteiger partial charge < -0.3 is 24.0 Å². The van der Waals surface area contributed by atoms with Crippen molar-refractivity contribution in [2.24, 2.45) is 0 Å². The average molecular weight is 430 g/mol. The van der Waals surface area contributed by atoms with Crippen molar-refractivity contribution in [3.63, 3.8) is 0 Å². The summed E-state index contributed by atoms with van der Waals surface area (Å²) in [6, 6.07) is 5.84. The average Bonchev–Trinajstić information content (AvgIpc) is 3.36. The number of fused-ring (bicyclic) bond motifs is 1. The van der Waals surface area contributed by atoms with E-state index in [2.05, 4.69) is 33.5 Å². The predicted molar refractivity (Wildman–Crippen MR) is 114 cm³/mol. The largest absolute Gasteiger partial charge is 0.497 e. The molecule has 1 aromatic heterocycles. The molecule has 1 fully saturated rings. The van der Waals surface area contributed by atoms with E-state index < -0.39 is 0 Å². The topological polar surface area (TPSA) is 93.0 Å². The molecule has 0 radical (unpaired) electrons. The maximum Gasteiger partial charge on any atom is 0.227 e. The molecule has 0 saturated carbocycles. The summed E-state index contributed by atoms with van der Waals surface area (Å²) in [5, 5.41) is 19.0. The Balaban J connectivity index is 1.49. The first-order chi connectivity index (χ1) is 14.9. The summed E-state index contributed by atoms with van der Waals surface area (Å²) in [4.78, 5) is 17.1. The van der Waals surface area contributed by atoms with Gasteiger partial charge in [0.05, 0.1) is 39.3 Å². The molecule has 0 aliphatic carbocycles. The van der Waals surface area contributed by atoms with Crippen molar-refractivity contribution in [3.05, 3.63) is 35.4 Å². The molecule has 2 aliphatic heterocycles. The molecule has 1 N–H and O–H groups in total. The number of ether oxygens (including phenoxy) is 2. The fraction of sp³-hybridized carbons (Fsp3) is 0.591. The van der Waals surface area contributed by atoms with E-state index in [4.69, 9.17) is 9.47 Å². The molecule has 0 bridgehead atoms. The Hall–Kier alpha value is -2.65. The highest BCUT2D eigenvalue weighted by Gasteiger charge is 2.38. The minimum Gasteiger partial charge on any atom is -0.497 e. The van der Waals surface area contributed by atoms with Gasteiger partial charge in [0.1, 0.15) is 11.5 Å². The van der Waals surface area contributed by atoms with Gasteiger partial charge in [-0.2, -0.15) is 0 Å². The lowest BCUT2D eigenvalue weighted by atomic mass is 10.1. The van der Waals surface area contributed by atoms with Crippen LogP contribution in [-0.2, 0) is 24.3 Å². The minimum absolute atomic E-state index is 0.0162. The van der Waals surface area contributed by atoms with Gasteiger partial charge in [-0.1, -0.05) is 0 Å². The molecule has 4 rings (SSSR count). The second-order valence-electron chi connectivity index (χ2n) is 8.49. The molecule has 9 heteroatoms. The number of carbonyl (C=O) groups is 1. The summed E-state index contributed by atoms with van der Waals surface area (Å²) in [7, 11) is 3.20. The number of amides is 1. The van der Waals surface area contributed by atoms with Crippen LogP contribution >= 0.6 is 0 Å². The van der Waals surface area contributed by atoms with Crippen molar-refractivity contribution in [3.8, 4) is 11.5 Å². The summed E-state index contributed by atoms with van der Waals surface area (Å²) in [6.07, 6.45) is 0.547. The summed E-state index contributed by atoms with van der Waals surface area (Å²) in [5.41, 5.74) is 0.798. The number of nitrogens with zero attached hydrogens (tertiary/aromatic N) is 5. The van der Waals surface area contributed by atoms with E-state index in [0.29, 0.717) is 50.1 Å². The molecule has 3 heterocycles. The van der Waals surface area contributed by atoms with E-state index in [1.54, 1.807) is 14.2 Å². The van der Waals surface area contributed by atoms with Crippen molar-refractivity contribution in [1.82, 2.24) is 24.6 Å². The van der Waals surface area contributed by atoms with Crippen LogP contribution in [0.1, 0.15) is 43.5 Å². The predicted octanol–water partition coefficient (Wildman–Crippen LogP) is 1.40. The number of carbonyl (C=O) groups excluding carboxylic acids is 1. The number of aliphatic hydroxyl groups is 1. The highest BCUT2D eigenvalue weighted by atomic mass is 16.5. The fourth-order valence-corrected chi connectivity index (χ4v) is 4.60. The zero-order valence-electron chi connectivity index (χ0n) is 18.6. The highest BCUT2D eigenvalue weighted by Crippen LogP contribution is 2.34. The van der Waals surface area contributed by atoms with Crippen LogP contribution in [0.25, 0.3) is 0 Å². The molecule has 168 valence electrons. The van der Waals surface area contributed by atoms with E-state index in [0.717, 1.165) is 17.2 Å². The third kappa shape index (κ3) is 4.24. The number of aromatic nitrogens is 3. The van der Waals surface area contributed by atoms with Gasteiger partial charge in [-0.05, 0) is 38.5 Å². The van der Waals surface area contributed by atoms with E-state index in [1.165, 1.54) is 0 Å².